The van der Waals surface area contributed by atoms with Gasteiger partial charge in [-0.2, -0.15) is 15.0 Å². The second-order valence-corrected chi connectivity index (χ2v) is 5.12. The third kappa shape index (κ3) is 4.74. The molecule has 0 bridgehead atoms. The molecular weight excluding hydrogens is 252 g/mol. The third-order valence-electron chi connectivity index (χ3n) is 1.80. The number of rotatable bonds is 5. The smallest absolute Gasteiger partial charge is 0.230 e. The van der Waals surface area contributed by atoms with E-state index in [1.807, 2.05) is 27.9 Å². The normalized spacial score (nSPS) is 10.5. The Labute approximate surface area is 111 Å². The van der Waals surface area contributed by atoms with Crippen LogP contribution in [0.3, 0.4) is 0 Å². The molecule has 0 atom stereocenters. The van der Waals surface area contributed by atoms with Crippen LogP contribution in [0.1, 0.15) is 13.8 Å². The Morgan fingerprint density at radius 2 is 2.06 bits per heavy atom. The van der Waals surface area contributed by atoms with Gasteiger partial charge >= 0.3 is 0 Å². The monoisotopic (exact) mass is 270 g/mol. The highest BCUT2D eigenvalue weighted by atomic mass is 32.2. The van der Waals surface area contributed by atoms with E-state index in [0.717, 1.165) is 0 Å². The van der Waals surface area contributed by atoms with Crippen LogP contribution >= 0.6 is 11.8 Å². The number of nitrogens with two attached hydrogens (primary N) is 1. The molecule has 100 valence electrons. The van der Waals surface area contributed by atoms with Gasteiger partial charge in [-0.1, -0.05) is 11.8 Å². The summed E-state index contributed by atoms with van der Waals surface area (Å²) in [5.74, 6) is 0.837. The minimum absolute atomic E-state index is 0.0552. The number of anilines is 2. The van der Waals surface area contributed by atoms with Crippen molar-refractivity contribution in [2.75, 3.05) is 30.5 Å². The van der Waals surface area contributed by atoms with Gasteiger partial charge in [0.1, 0.15) is 0 Å². The molecule has 0 saturated heterocycles. The van der Waals surface area contributed by atoms with Crippen LogP contribution in [-0.4, -0.2) is 46.7 Å². The largest absolute Gasteiger partial charge is 0.368 e. The second kappa shape index (κ2) is 6.39. The molecule has 1 aromatic heterocycles. The summed E-state index contributed by atoms with van der Waals surface area (Å²) in [6.45, 7) is 3.82. The molecule has 0 aliphatic carbocycles. The Morgan fingerprint density at radius 1 is 1.39 bits per heavy atom. The van der Waals surface area contributed by atoms with Gasteiger partial charge in [-0.25, -0.2) is 0 Å². The van der Waals surface area contributed by atoms with Crippen molar-refractivity contribution in [3.63, 3.8) is 0 Å². The van der Waals surface area contributed by atoms with Crippen LogP contribution in [0.5, 0.6) is 0 Å². The van der Waals surface area contributed by atoms with Crippen LogP contribution in [0.4, 0.5) is 11.9 Å². The van der Waals surface area contributed by atoms with Crippen LogP contribution in [-0.2, 0) is 4.79 Å². The molecule has 1 amide bonds. The maximum Gasteiger partial charge on any atom is 0.230 e. The molecule has 0 aromatic carbocycles. The molecule has 0 aliphatic rings. The number of hydrogen-bond acceptors (Lipinski definition) is 7. The maximum atomic E-state index is 11.5. The van der Waals surface area contributed by atoms with Gasteiger partial charge in [-0.15, -0.1) is 0 Å². The number of nitrogens with one attached hydrogen (secondary N) is 1. The van der Waals surface area contributed by atoms with Crippen molar-refractivity contribution in [1.29, 1.82) is 0 Å². The van der Waals surface area contributed by atoms with Gasteiger partial charge < -0.3 is 16.0 Å². The maximum absolute atomic E-state index is 11.5. The van der Waals surface area contributed by atoms with Crippen LogP contribution in [0.25, 0.3) is 0 Å². The average molecular weight is 270 g/mol. The highest BCUT2D eigenvalue weighted by Crippen LogP contribution is 2.16. The lowest BCUT2D eigenvalue weighted by Gasteiger charge is -2.11. The van der Waals surface area contributed by atoms with E-state index in [0.29, 0.717) is 11.1 Å². The summed E-state index contributed by atoms with van der Waals surface area (Å²) in [4.78, 5) is 25.4. The fourth-order valence-electron chi connectivity index (χ4n) is 1.12. The van der Waals surface area contributed by atoms with Crippen molar-refractivity contribution in [3.8, 4) is 0 Å². The van der Waals surface area contributed by atoms with Crippen LogP contribution in [0, 0.1) is 0 Å². The molecule has 0 aliphatic heterocycles. The predicted octanol–water partition coefficient (Wildman–Crippen LogP) is 0.136. The Hall–Kier alpha value is -1.57. The molecule has 0 spiro atoms. The molecule has 0 unspecified atom stereocenters. The van der Waals surface area contributed by atoms with Crippen molar-refractivity contribution in [3.05, 3.63) is 0 Å². The minimum atomic E-state index is -0.0552. The van der Waals surface area contributed by atoms with Crippen molar-refractivity contribution >= 4 is 29.6 Å². The van der Waals surface area contributed by atoms with Crippen molar-refractivity contribution in [2.24, 2.45) is 0 Å². The SMILES string of the molecule is CC(C)NC(=O)CSc1nc(N)nc(N(C)C)n1. The van der Waals surface area contributed by atoms with Gasteiger partial charge in [0.05, 0.1) is 5.75 Å². The van der Waals surface area contributed by atoms with E-state index >= 15 is 0 Å². The lowest BCUT2D eigenvalue weighted by atomic mass is 10.4. The standard InChI is InChI=1S/C10H18N6OS/c1-6(2)12-7(17)5-18-10-14-8(11)13-9(15-10)16(3)4/h6H,5H2,1-4H3,(H,12,17)(H2,11,13,14,15). The molecule has 18 heavy (non-hydrogen) atoms. The Balaban J connectivity index is 2.64. The number of amides is 1. The zero-order valence-corrected chi connectivity index (χ0v) is 11.8. The van der Waals surface area contributed by atoms with Crippen molar-refractivity contribution in [1.82, 2.24) is 20.3 Å². The summed E-state index contributed by atoms with van der Waals surface area (Å²) >= 11 is 1.24. The molecule has 8 heteroatoms. The summed E-state index contributed by atoms with van der Waals surface area (Å²) in [5, 5.41) is 3.24. The van der Waals surface area contributed by atoms with Gasteiger partial charge in [0.2, 0.25) is 17.8 Å². The number of hydrogen-bond donors (Lipinski definition) is 2. The third-order valence-corrected chi connectivity index (χ3v) is 2.65. The van der Waals surface area contributed by atoms with Crippen LogP contribution in [0.2, 0.25) is 0 Å². The number of carbonyl (C=O) groups excluding carboxylic acids is 1. The van der Waals surface area contributed by atoms with E-state index in [-0.39, 0.29) is 23.7 Å². The van der Waals surface area contributed by atoms with Gasteiger partial charge in [0.25, 0.3) is 0 Å². The van der Waals surface area contributed by atoms with Gasteiger partial charge in [-0.3, -0.25) is 4.79 Å². The summed E-state index contributed by atoms with van der Waals surface area (Å²) in [5.41, 5.74) is 5.58. The lowest BCUT2D eigenvalue weighted by Crippen LogP contribution is -2.31. The summed E-state index contributed by atoms with van der Waals surface area (Å²) in [6, 6.07) is 0.124. The zero-order chi connectivity index (χ0) is 13.7. The number of carbonyl (C=O) groups is 1. The van der Waals surface area contributed by atoms with Crippen LogP contribution < -0.4 is 16.0 Å². The van der Waals surface area contributed by atoms with Gasteiger partial charge in [0.15, 0.2) is 5.16 Å². The summed E-state index contributed by atoms with van der Waals surface area (Å²) in [7, 11) is 3.63. The fourth-order valence-corrected chi connectivity index (χ4v) is 1.77. The summed E-state index contributed by atoms with van der Waals surface area (Å²) < 4.78 is 0. The Morgan fingerprint density at radius 3 is 2.61 bits per heavy atom. The quantitative estimate of drug-likeness (QED) is 0.734. The molecule has 1 aromatic rings. The molecule has 1 rings (SSSR count). The number of nitrogen functional groups attached to an aromatic ring is 1. The fraction of sp³-hybridized carbons (Fsp3) is 0.600. The Bertz CT molecular complexity index is 423. The molecule has 3 N–H and O–H groups in total. The van der Waals surface area contributed by atoms with E-state index in [9.17, 15) is 4.79 Å². The highest BCUT2D eigenvalue weighted by molar-refractivity contribution is 7.99. The average Bonchev–Trinajstić information content (AvgIpc) is 2.24. The van der Waals surface area contributed by atoms with E-state index in [1.165, 1.54) is 11.8 Å². The number of aromatic nitrogens is 3. The minimum Gasteiger partial charge on any atom is -0.368 e. The number of nitrogens with zero attached hydrogens (tertiary/aromatic N) is 4. The first-order valence-corrected chi connectivity index (χ1v) is 6.48. The van der Waals surface area contributed by atoms with Crippen molar-refractivity contribution < 1.29 is 4.79 Å². The Kier molecular flexibility index (Phi) is 5.14. The first-order valence-electron chi connectivity index (χ1n) is 5.49. The van der Waals surface area contributed by atoms with Crippen LogP contribution in [0.15, 0.2) is 5.16 Å². The molecule has 0 saturated carbocycles. The predicted molar refractivity (Wildman–Crippen MR) is 72.6 cm³/mol. The molecule has 0 fully saturated rings. The lowest BCUT2D eigenvalue weighted by molar-refractivity contribution is -0.119. The highest BCUT2D eigenvalue weighted by Gasteiger charge is 2.09. The van der Waals surface area contributed by atoms with Crippen molar-refractivity contribution in [2.45, 2.75) is 25.0 Å². The zero-order valence-electron chi connectivity index (χ0n) is 11.0. The summed E-state index contributed by atoms with van der Waals surface area (Å²) in [6.07, 6.45) is 0. The molecule has 0 radical (unpaired) electrons. The number of thioether (sulfide) groups is 1. The topological polar surface area (TPSA) is 97.0 Å². The van der Waals surface area contributed by atoms with E-state index in [2.05, 4.69) is 20.3 Å². The van der Waals surface area contributed by atoms with Gasteiger partial charge in [-0.05, 0) is 13.8 Å². The van der Waals surface area contributed by atoms with E-state index in [4.69, 9.17) is 5.73 Å². The first-order chi connectivity index (χ1) is 8.38. The second-order valence-electron chi connectivity index (χ2n) is 4.18. The molecule has 1 heterocycles. The first kappa shape index (κ1) is 14.5. The van der Waals surface area contributed by atoms with Gasteiger partial charge in [0, 0.05) is 20.1 Å². The van der Waals surface area contributed by atoms with E-state index in [1.54, 1.807) is 4.90 Å². The molecular formula is C10H18N6OS. The molecule has 7 nitrogen and oxygen atoms in total. The van der Waals surface area contributed by atoms with E-state index < -0.39 is 0 Å².